The highest BCUT2D eigenvalue weighted by Gasteiger charge is 2.17. The molecule has 0 saturated heterocycles. The summed E-state index contributed by atoms with van der Waals surface area (Å²) in [5.74, 6) is 0. The molecule has 0 fully saturated rings. The molecule has 0 spiro atoms. The number of hydrogen-bond acceptors (Lipinski definition) is 2. The van der Waals surface area contributed by atoms with Gasteiger partial charge in [-0.25, -0.2) is 0 Å². The fourth-order valence-electron chi connectivity index (χ4n) is 8.21. The zero-order valence-corrected chi connectivity index (χ0v) is 36.8. The Labute approximate surface area is 390 Å². The molecule has 2 nitrogen and oxygen atoms in total. The van der Waals surface area contributed by atoms with Gasteiger partial charge in [-0.05, 0) is 122 Å². The standard InChI is InChI=1S/C64H50N2/c1-2-50(51-23-14-8-15-24-51)29-22-48-65(58-30-18-10-19-31-58)59-42-38-55(39-43-59)53-34-36-57(37-35-53)63-47-46-62(49-64(63)56-27-12-6-4-3-5-7-13-28-56)66(60-32-20-11-21-33-60)61-44-40-54(41-45-61)52-25-16-9-17-26-52/h2-49H,1H2/b4-3?,5-3?,6-4?,7-5?,12-6?,13-7?,27-12?,28-13?,48-22+,50-29+,56-27?,56-28?. The maximum Gasteiger partial charge on any atom is 0.0468 e. The van der Waals surface area contributed by atoms with E-state index in [0.29, 0.717) is 0 Å². The second-order valence-corrected chi connectivity index (χ2v) is 15.8. The van der Waals surface area contributed by atoms with Crippen molar-refractivity contribution >= 4 is 34.0 Å². The van der Waals surface area contributed by atoms with Crippen molar-refractivity contribution < 1.29 is 0 Å². The lowest BCUT2D eigenvalue weighted by atomic mass is 9.92. The Morgan fingerprint density at radius 1 is 0.318 bits per heavy atom. The molecule has 0 heterocycles. The van der Waals surface area contributed by atoms with Crippen LogP contribution in [0.3, 0.4) is 0 Å². The van der Waals surface area contributed by atoms with Gasteiger partial charge in [0.15, 0.2) is 0 Å². The van der Waals surface area contributed by atoms with E-state index in [2.05, 4.69) is 283 Å². The van der Waals surface area contributed by atoms with Gasteiger partial charge < -0.3 is 9.80 Å². The van der Waals surface area contributed by atoms with Crippen LogP contribution < -0.4 is 9.80 Å². The Bertz CT molecular complexity index is 3080. The van der Waals surface area contributed by atoms with E-state index in [-0.39, 0.29) is 0 Å². The van der Waals surface area contributed by atoms with Crippen LogP contribution in [0.4, 0.5) is 28.4 Å². The fraction of sp³-hybridized carbons (Fsp3) is 0. The first-order valence-electron chi connectivity index (χ1n) is 22.4. The van der Waals surface area contributed by atoms with Gasteiger partial charge in [0.1, 0.15) is 0 Å². The zero-order valence-electron chi connectivity index (χ0n) is 36.8. The molecular formula is C64H50N2. The third-order valence-corrected chi connectivity index (χ3v) is 11.6. The number of allylic oxidation sites excluding steroid dienone is 4. The summed E-state index contributed by atoms with van der Waals surface area (Å²) in [5.41, 5.74) is 16.8. The molecule has 0 bridgehead atoms. The Kier molecular flexibility index (Phi) is 13.6. The third-order valence-electron chi connectivity index (χ3n) is 11.6. The van der Waals surface area contributed by atoms with E-state index in [4.69, 9.17) is 0 Å². The number of rotatable bonds is 13. The molecule has 0 saturated carbocycles. The molecule has 9 rings (SSSR count). The molecule has 0 amide bonds. The van der Waals surface area contributed by atoms with Gasteiger partial charge in [0, 0.05) is 34.6 Å². The quantitative estimate of drug-likeness (QED) is 0.107. The first-order valence-corrected chi connectivity index (χ1v) is 22.4. The number of benzene rings is 8. The van der Waals surface area contributed by atoms with Crippen molar-refractivity contribution in [1.29, 1.82) is 0 Å². The SMILES string of the molecule is C=C/C(=C\C=C\N(c1ccccc1)c1ccc(-c2ccc(-c3ccc(N(c4ccccc4)c4ccc(-c5ccccc5)cc4)cc3-c3ccccccccc3)cc2)cc1)c1ccccc1. The molecule has 9 aromatic rings. The number of nitrogens with zero attached hydrogens (tertiary/aromatic N) is 2. The van der Waals surface area contributed by atoms with Crippen molar-refractivity contribution in [1.82, 2.24) is 0 Å². The van der Waals surface area contributed by atoms with E-state index in [1.807, 2.05) is 24.3 Å². The van der Waals surface area contributed by atoms with E-state index in [1.165, 1.54) is 11.1 Å². The summed E-state index contributed by atoms with van der Waals surface area (Å²) >= 11 is 0. The second-order valence-electron chi connectivity index (χ2n) is 15.8. The molecule has 2 heteroatoms. The van der Waals surface area contributed by atoms with Crippen molar-refractivity contribution in [3.05, 3.63) is 303 Å². The van der Waals surface area contributed by atoms with Crippen LogP contribution in [0.5, 0.6) is 0 Å². The smallest absolute Gasteiger partial charge is 0.0468 e. The Balaban J connectivity index is 1.06. The lowest BCUT2D eigenvalue weighted by molar-refractivity contribution is 1.28. The van der Waals surface area contributed by atoms with E-state index in [1.54, 1.807) is 0 Å². The Morgan fingerprint density at radius 3 is 1.24 bits per heavy atom. The van der Waals surface area contributed by atoms with Crippen molar-refractivity contribution in [3.8, 4) is 44.5 Å². The van der Waals surface area contributed by atoms with E-state index >= 15 is 0 Å². The molecule has 0 unspecified atom stereocenters. The molecular weight excluding hydrogens is 797 g/mol. The molecule has 66 heavy (non-hydrogen) atoms. The molecule has 0 aromatic heterocycles. The average molecular weight is 847 g/mol. The molecule has 9 aromatic carbocycles. The van der Waals surface area contributed by atoms with Gasteiger partial charge in [-0.1, -0.05) is 225 Å². The van der Waals surface area contributed by atoms with Gasteiger partial charge in [0.05, 0.1) is 0 Å². The van der Waals surface area contributed by atoms with Gasteiger partial charge >= 0.3 is 0 Å². The topological polar surface area (TPSA) is 6.48 Å². The summed E-state index contributed by atoms with van der Waals surface area (Å²) in [4.78, 5) is 4.55. The molecule has 0 aliphatic heterocycles. The van der Waals surface area contributed by atoms with Gasteiger partial charge in [-0.15, -0.1) is 0 Å². The lowest BCUT2D eigenvalue weighted by Gasteiger charge is -2.27. The molecule has 0 radical (unpaired) electrons. The largest absolute Gasteiger partial charge is 0.317 e. The number of anilines is 5. The molecule has 0 atom stereocenters. The molecule has 0 aliphatic carbocycles. The highest BCUT2D eigenvalue weighted by molar-refractivity contribution is 5.89. The molecule has 0 aliphatic rings. The summed E-state index contributed by atoms with van der Waals surface area (Å²) in [6.45, 7) is 4.06. The van der Waals surface area contributed by atoms with Crippen LogP contribution in [0.25, 0.3) is 50.1 Å². The number of hydrogen-bond donors (Lipinski definition) is 0. The Morgan fingerprint density at radius 2 is 0.682 bits per heavy atom. The van der Waals surface area contributed by atoms with Crippen LogP contribution >= 0.6 is 0 Å². The number of para-hydroxylation sites is 2. The summed E-state index contributed by atoms with van der Waals surface area (Å²) in [5, 5.41) is 0. The summed E-state index contributed by atoms with van der Waals surface area (Å²) in [6, 6.07) is 94.4. The first-order chi connectivity index (χ1) is 32.7. The van der Waals surface area contributed by atoms with Gasteiger partial charge in [-0.3, -0.25) is 0 Å². The van der Waals surface area contributed by atoms with Crippen molar-refractivity contribution in [3.63, 3.8) is 0 Å². The highest BCUT2D eigenvalue weighted by Crippen LogP contribution is 2.41. The fourth-order valence-corrected chi connectivity index (χ4v) is 8.21. The zero-order chi connectivity index (χ0) is 44.8. The van der Waals surface area contributed by atoms with E-state index in [9.17, 15) is 0 Å². The predicted molar refractivity (Wildman–Crippen MR) is 283 cm³/mol. The minimum Gasteiger partial charge on any atom is -0.317 e. The van der Waals surface area contributed by atoms with Crippen molar-refractivity contribution in [2.45, 2.75) is 0 Å². The predicted octanol–water partition coefficient (Wildman–Crippen LogP) is 17.9. The lowest BCUT2D eigenvalue weighted by Crippen LogP contribution is -2.10. The van der Waals surface area contributed by atoms with Crippen LogP contribution in [0.15, 0.2) is 298 Å². The third kappa shape index (κ3) is 10.2. The van der Waals surface area contributed by atoms with Crippen LogP contribution in [0.2, 0.25) is 0 Å². The summed E-state index contributed by atoms with van der Waals surface area (Å²) < 4.78 is 0. The second kappa shape index (κ2) is 21.1. The monoisotopic (exact) mass is 846 g/mol. The van der Waals surface area contributed by atoms with E-state index < -0.39 is 0 Å². The summed E-state index contributed by atoms with van der Waals surface area (Å²) in [7, 11) is 0. The van der Waals surface area contributed by atoms with Gasteiger partial charge in [-0.2, -0.15) is 0 Å². The normalized spacial score (nSPS) is 11.1. The van der Waals surface area contributed by atoms with Crippen molar-refractivity contribution in [2.24, 2.45) is 0 Å². The molecule has 316 valence electrons. The van der Waals surface area contributed by atoms with Crippen molar-refractivity contribution in [2.75, 3.05) is 9.80 Å². The average Bonchev–Trinajstić information content (AvgIpc) is 3.39. The minimum atomic E-state index is 1.07. The van der Waals surface area contributed by atoms with Crippen LogP contribution in [-0.2, 0) is 0 Å². The van der Waals surface area contributed by atoms with Gasteiger partial charge in [0.25, 0.3) is 0 Å². The maximum atomic E-state index is 4.06. The summed E-state index contributed by atoms with van der Waals surface area (Å²) in [6.07, 6.45) is 8.20. The van der Waals surface area contributed by atoms with E-state index in [0.717, 1.165) is 73.0 Å². The first kappa shape index (κ1) is 42.6. The van der Waals surface area contributed by atoms with Crippen LogP contribution in [-0.4, -0.2) is 0 Å². The Hall–Kier alpha value is -8.72. The molecule has 0 N–H and O–H groups in total. The van der Waals surface area contributed by atoms with Crippen LogP contribution in [0, 0.1) is 0 Å². The highest BCUT2D eigenvalue weighted by atomic mass is 15.1. The minimum absolute atomic E-state index is 1.07. The van der Waals surface area contributed by atoms with Crippen LogP contribution in [0.1, 0.15) is 5.56 Å². The van der Waals surface area contributed by atoms with Gasteiger partial charge in [0.2, 0.25) is 0 Å². The maximum absolute atomic E-state index is 4.06.